The number of allylic oxidation sites excluding steroid dienone is 3. The number of halogens is 1. The first-order chi connectivity index (χ1) is 14.0. The Morgan fingerprint density at radius 1 is 1.34 bits per heavy atom. The summed E-state index contributed by atoms with van der Waals surface area (Å²) in [6.07, 6.45) is 6.18. The molecule has 1 heterocycles. The van der Waals surface area contributed by atoms with Crippen molar-refractivity contribution >= 4 is 17.6 Å². The summed E-state index contributed by atoms with van der Waals surface area (Å²) in [4.78, 5) is 6.37. The Kier molecular flexibility index (Phi) is 9.51. The second-order valence-electron chi connectivity index (χ2n) is 6.96. The van der Waals surface area contributed by atoms with Crippen LogP contribution in [0.4, 0.5) is 0 Å². The number of nitriles is 1. The van der Waals surface area contributed by atoms with E-state index in [4.69, 9.17) is 21.6 Å². The number of nitrogens with zero attached hydrogens (tertiary/aromatic N) is 3. The molecular weight excluding hydrogens is 388 g/mol. The van der Waals surface area contributed by atoms with Crippen LogP contribution in [-0.4, -0.2) is 57.8 Å². The molecule has 0 aromatic heterocycles. The van der Waals surface area contributed by atoms with Gasteiger partial charge >= 0.3 is 0 Å². The lowest BCUT2D eigenvalue weighted by Crippen LogP contribution is -2.37. The largest absolute Gasteiger partial charge is 0.373 e. The lowest BCUT2D eigenvalue weighted by Gasteiger charge is -2.22. The lowest BCUT2D eigenvalue weighted by molar-refractivity contribution is 0.157. The summed E-state index contributed by atoms with van der Waals surface area (Å²) in [5.41, 5.74) is 3.16. The molecule has 0 aliphatic carbocycles. The number of nitrogens with one attached hydrogen (secondary N) is 3. The minimum atomic E-state index is 0.122. The first kappa shape index (κ1) is 22.8. The number of rotatable bonds is 9. The van der Waals surface area contributed by atoms with E-state index in [9.17, 15) is 0 Å². The molecule has 156 valence electrons. The van der Waals surface area contributed by atoms with Gasteiger partial charge in [0.1, 0.15) is 0 Å². The zero-order chi connectivity index (χ0) is 21.1. The minimum Gasteiger partial charge on any atom is -0.373 e. The number of dihydropyridines is 1. The van der Waals surface area contributed by atoms with Crippen LogP contribution in [0.25, 0.3) is 0 Å². The highest BCUT2D eigenvalue weighted by molar-refractivity contribution is 6.31. The Bertz CT molecular complexity index is 797. The number of hydrogen-bond donors (Lipinski definition) is 3. The predicted molar refractivity (Wildman–Crippen MR) is 118 cm³/mol. The van der Waals surface area contributed by atoms with Gasteiger partial charge in [0.05, 0.1) is 19.8 Å². The molecule has 2 rings (SSSR count). The van der Waals surface area contributed by atoms with Gasteiger partial charge in [-0.15, -0.1) is 0 Å². The average molecular weight is 417 g/mol. The molecule has 1 aliphatic rings. The van der Waals surface area contributed by atoms with Crippen molar-refractivity contribution in [3.63, 3.8) is 0 Å². The van der Waals surface area contributed by atoms with Gasteiger partial charge in [-0.1, -0.05) is 42.0 Å². The maximum Gasteiger partial charge on any atom is 0.204 e. The normalized spacial score (nSPS) is 16.6. The second-order valence-corrected chi connectivity index (χ2v) is 7.37. The topological polar surface area (TPSA) is 84.7 Å². The van der Waals surface area contributed by atoms with Crippen LogP contribution in [0.3, 0.4) is 0 Å². The number of benzene rings is 1. The van der Waals surface area contributed by atoms with Gasteiger partial charge in [0.15, 0.2) is 6.19 Å². The van der Waals surface area contributed by atoms with Crippen LogP contribution in [0.15, 0.2) is 52.8 Å². The molecule has 29 heavy (non-hydrogen) atoms. The highest BCUT2D eigenvalue weighted by Gasteiger charge is 2.15. The van der Waals surface area contributed by atoms with Crippen molar-refractivity contribution in [1.29, 1.82) is 5.26 Å². The van der Waals surface area contributed by atoms with Crippen LogP contribution < -0.4 is 16.0 Å². The molecular formula is C21H29ClN6O. The zero-order valence-corrected chi connectivity index (χ0v) is 18.0. The molecule has 1 aromatic carbocycles. The van der Waals surface area contributed by atoms with Crippen molar-refractivity contribution < 1.29 is 4.74 Å². The molecule has 0 saturated heterocycles. The van der Waals surface area contributed by atoms with Gasteiger partial charge in [-0.2, -0.15) is 5.26 Å². The van der Waals surface area contributed by atoms with Gasteiger partial charge in [0, 0.05) is 35.4 Å². The number of guanidine groups is 1. The third-order valence-corrected chi connectivity index (χ3v) is 4.56. The molecule has 0 fully saturated rings. The van der Waals surface area contributed by atoms with Crippen molar-refractivity contribution in [3.05, 3.63) is 58.4 Å². The quantitative estimate of drug-likeness (QED) is 0.188. The molecule has 3 N–H and O–H groups in total. The van der Waals surface area contributed by atoms with E-state index in [1.165, 1.54) is 0 Å². The minimum absolute atomic E-state index is 0.122. The van der Waals surface area contributed by atoms with Crippen LogP contribution in [-0.2, 0) is 4.74 Å². The number of likely N-dealkylation sites (N-methyl/N-ethyl adjacent to an activating group) is 1. The van der Waals surface area contributed by atoms with E-state index >= 15 is 0 Å². The fourth-order valence-electron chi connectivity index (χ4n) is 2.86. The highest BCUT2D eigenvalue weighted by atomic mass is 35.5. The summed E-state index contributed by atoms with van der Waals surface area (Å²) in [5.74, 6) is 0.586. The molecule has 1 aliphatic heterocycles. The molecule has 1 unspecified atom stereocenters. The van der Waals surface area contributed by atoms with E-state index in [0.717, 1.165) is 28.5 Å². The van der Waals surface area contributed by atoms with Gasteiger partial charge in [-0.3, -0.25) is 10.3 Å². The van der Waals surface area contributed by atoms with Crippen molar-refractivity contribution in [1.82, 2.24) is 20.9 Å². The molecule has 1 atom stereocenters. The summed E-state index contributed by atoms with van der Waals surface area (Å²) in [6, 6.07) is 7.88. The molecule has 0 spiro atoms. The predicted octanol–water partition coefficient (Wildman–Crippen LogP) is 2.41. The summed E-state index contributed by atoms with van der Waals surface area (Å²) >= 11 is 6.35. The van der Waals surface area contributed by atoms with Crippen molar-refractivity contribution in [2.45, 2.75) is 12.8 Å². The number of hydrogen-bond acceptors (Lipinski definition) is 5. The number of aliphatic imine (C=N–C) groups is 1. The molecule has 7 nitrogen and oxygen atoms in total. The zero-order valence-electron chi connectivity index (χ0n) is 17.2. The summed E-state index contributed by atoms with van der Waals surface area (Å²) < 4.78 is 5.78. The molecule has 0 saturated carbocycles. The Balaban J connectivity index is 1.80. The standard InChI is InChI=1S/C21H29ClN6O/c1-16-12-17(19-6-4-5-7-20(19)22)13-18(27-16)14-29-11-9-25-21(26-15-23)24-8-10-28(2)3/h4-7,12-13,17,27H,8-11,14H2,1-3H3,(H2,24,25,26). The van der Waals surface area contributed by atoms with Gasteiger partial charge < -0.3 is 20.3 Å². The van der Waals surface area contributed by atoms with Gasteiger partial charge in [0.2, 0.25) is 5.96 Å². The Hall–Kier alpha value is -2.53. The molecule has 0 bridgehead atoms. The Labute approximate surface area is 178 Å². The van der Waals surface area contributed by atoms with Crippen molar-refractivity contribution in [2.75, 3.05) is 46.9 Å². The third kappa shape index (κ3) is 8.16. The SMILES string of the molecule is CC1=CC(c2ccccc2Cl)C=C(COCCNC(=NCCN(C)C)NC#N)N1. The van der Waals surface area contributed by atoms with Crippen molar-refractivity contribution in [2.24, 2.45) is 4.99 Å². The smallest absolute Gasteiger partial charge is 0.204 e. The first-order valence-corrected chi connectivity index (χ1v) is 9.94. The van der Waals surface area contributed by atoms with Crippen LogP contribution >= 0.6 is 11.6 Å². The maximum atomic E-state index is 8.83. The molecule has 1 aromatic rings. The summed E-state index contributed by atoms with van der Waals surface area (Å²) in [5, 5.41) is 18.6. The van der Waals surface area contributed by atoms with Gasteiger partial charge in [-0.25, -0.2) is 0 Å². The number of ether oxygens (including phenoxy) is 1. The average Bonchev–Trinajstić information content (AvgIpc) is 2.67. The Morgan fingerprint density at radius 3 is 2.86 bits per heavy atom. The van der Waals surface area contributed by atoms with Crippen LogP contribution in [0.2, 0.25) is 5.02 Å². The van der Waals surface area contributed by atoms with E-state index in [1.807, 2.05) is 56.4 Å². The highest BCUT2D eigenvalue weighted by Crippen LogP contribution is 2.30. The van der Waals surface area contributed by atoms with E-state index in [0.29, 0.717) is 32.3 Å². The molecule has 0 radical (unpaired) electrons. The Morgan fingerprint density at radius 2 is 2.14 bits per heavy atom. The third-order valence-electron chi connectivity index (χ3n) is 4.22. The first-order valence-electron chi connectivity index (χ1n) is 9.56. The molecule has 0 amide bonds. The van der Waals surface area contributed by atoms with E-state index in [1.54, 1.807) is 0 Å². The molecule has 8 heteroatoms. The van der Waals surface area contributed by atoms with Gasteiger partial charge in [-0.05, 0) is 32.6 Å². The fraction of sp³-hybridized carbons (Fsp3) is 0.429. The second kappa shape index (κ2) is 12.1. The van der Waals surface area contributed by atoms with E-state index < -0.39 is 0 Å². The summed E-state index contributed by atoms with van der Waals surface area (Å²) in [7, 11) is 3.96. The lowest BCUT2D eigenvalue weighted by atomic mass is 9.94. The monoisotopic (exact) mass is 416 g/mol. The summed E-state index contributed by atoms with van der Waals surface area (Å²) in [6.45, 7) is 4.95. The van der Waals surface area contributed by atoms with E-state index in [2.05, 4.69) is 33.1 Å². The fourth-order valence-corrected chi connectivity index (χ4v) is 3.12. The maximum absolute atomic E-state index is 8.83. The van der Waals surface area contributed by atoms with Crippen molar-refractivity contribution in [3.8, 4) is 6.19 Å². The van der Waals surface area contributed by atoms with Gasteiger partial charge in [0.25, 0.3) is 0 Å². The van der Waals surface area contributed by atoms with Crippen LogP contribution in [0.1, 0.15) is 18.4 Å². The van der Waals surface area contributed by atoms with E-state index in [-0.39, 0.29) is 5.92 Å². The van der Waals surface area contributed by atoms with Crippen LogP contribution in [0.5, 0.6) is 0 Å². The van der Waals surface area contributed by atoms with Crippen LogP contribution in [0, 0.1) is 11.5 Å².